The third-order valence-corrected chi connectivity index (χ3v) is 4.61. The number of hydrogen-bond acceptors (Lipinski definition) is 3. The zero-order valence-electron chi connectivity index (χ0n) is 14.2. The smallest absolute Gasteiger partial charge is 0.264 e. The Balaban J connectivity index is 1.80. The van der Waals surface area contributed by atoms with E-state index in [1.807, 2.05) is 48.5 Å². The number of carbonyl (C=O) groups is 2. The minimum absolute atomic E-state index is 0.316. The molecule has 132 valence electrons. The summed E-state index contributed by atoms with van der Waals surface area (Å²) in [6.45, 7) is 0. The summed E-state index contributed by atoms with van der Waals surface area (Å²) < 4.78 is 0. The van der Waals surface area contributed by atoms with Gasteiger partial charge < -0.3 is 0 Å². The van der Waals surface area contributed by atoms with Gasteiger partial charge in [-0.1, -0.05) is 72.3 Å². The normalized spacial score (nSPS) is 16.3. The number of benzene rings is 3. The minimum atomic E-state index is -1.01. The Morgan fingerprint density at radius 1 is 0.889 bits per heavy atom. The Labute approximate surface area is 161 Å². The van der Waals surface area contributed by atoms with Gasteiger partial charge in [-0.2, -0.15) is 10.1 Å². The third-order valence-electron chi connectivity index (χ3n) is 4.38. The van der Waals surface area contributed by atoms with E-state index in [2.05, 4.69) is 5.10 Å². The van der Waals surface area contributed by atoms with E-state index in [4.69, 9.17) is 11.6 Å². The van der Waals surface area contributed by atoms with Crippen LogP contribution in [0.4, 0.5) is 5.69 Å². The first kappa shape index (κ1) is 17.2. The van der Waals surface area contributed by atoms with Crippen molar-refractivity contribution in [1.29, 1.82) is 0 Å². The van der Waals surface area contributed by atoms with E-state index in [1.165, 1.54) is 5.01 Å². The van der Waals surface area contributed by atoms with Crippen LogP contribution in [-0.2, 0) is 4.79 Å². The van der Waals surface area contributed by atoms with Crippen molar-refractivity contribution in [2.24, 2.45) is 11.0 Å². The van der Waals surface area contributed by atoms with E-state index in [-0.39, 0.29) is 11.7 Å². The van der Waals surface area contributed by atoms with Gasteiger partial charge in [0.1, 0.15) is 5.92 Å². The van der Waals surface area contributed by atoms with Crippen molar-refractivity contribution in [3.63, 3.8) is 0 Å². The average molecular weight is 375 g/mol. The summed E-state index contributed by atoms with van der Waals surface area (Å²) in [6.07, 6.45) is 0. The highest BCUT2D eigenvalue weighted by molar-refractivity contribution is 6.35. The second-order valence-corrected chi connectivity index (χ2v) is 6.58. The molecule has 0 saturated heterocycles. The van der Waals surface area contributed by atoms with Crippen LogP contribution in [0.5, 0.6) is 0 Å². The SMILES string of the molecule is O=C(c1cccc(Cl)c1)C1C(=O)N(c2ccccc2)N=C1c1ccccc1. The van der Waals surface area contributed by atoms with Gasteiger partial charge in [0, 0.05) is 10.6 Å². The van der Waals surface area contributed by atoms with Crippen LogP contribution in [0, 0.1) is 5.92 Å². The number of ketones is 1. The first-order chi connectivity index (χ1) is 13.1. The number of Topliss-reactive ketones (excluding diaryl/α,β-unsaturated/α-hetero) is 1. The third kappa shape index (κ3) is 3.27. The number of amides is 1. The summed E-state index contributed by atoms with van der Waals surface area (Å²) >= 11 is 6.03. The number of nitrogens with zero attached hydrogens (tertiary/aromatic N) is 2. The van der Waals surface area contributed by atoms with Gasteiger partial charge in [-0.05, 0) is 29.8 Å². The summed E-state index contributed by atoms with van der Waals surface area (Å²) in [5.41, 5.74) is 2.19. The van der Waals surface area contributed by atoms with E-state index in [9.17, 15) is 9.59 Å². The average Bonchev–Trinajstić information content (AvgIpc) is 3.06. The molecule has 1 unspecified atom stereocenters. The molecule has 0 saturated carbocycles. The van der Waals surface area contributed by atoms with E-state index in [0.29, 0.717) is 22.0 Å². The van der Waals surface area contributed by atoms with Gasteiger partial charge in [0.2, 0.25) is 0 Å². The molecule has 0 N–H and O–H groups in total. The van der Waals surface area contributed by atoms with Crippen LogP contribution in [-0.4, -0.2) is 17.4 Å². The molecule has 1 amide bonds. The first-order valence-corrected chi connectivity index (χ1v) is 8.85. The van der Waals surface area contributed by atoms with Crippen LogP contribution in [0.2, 0.25) is 5.02 Å². The van der Waals surface area contributed by atoms with Crippen LogP contribution < -0.4 is 5.01 Å². The van der Waals surface area contributed by atoms with Crippen LogP contribution in [0.25, 0.3) is 0 Å². The van der Waals surface area contributed by atoms with Gasteiger partial charge in [-0.3, -0.25) is 9.59 Å². The van der Waals surface area contributed by atoms with Crippen molar-refractivity contribution >= 4 is 34.7 Å². The Morgan fingerprint density at radius 3 is 2.22 bits per heavy atom. The molecule has 1 heterocycles. The second kappa shape index (κ2) is 7.17. The largest absolute Gasteiger partial charge is 0.293 e. The molecule has 0 aromatic heterocycles. The molecule has 1 aliphatic heterocycles. The van der Waals surface area contributed by atoms with Gasteiger partial charge in [0.05, 0.1) is 11.4 Å². The van der Waals surface area contributed by atoms with Gasteiger partial charge >= 0.3 is 0 Å². The van der Waals surface area contributed by atoms with Crippen LogP contribution in [0.15, 0.2) is 90.0 Å². The van der Waals surface area contributed by atoms with Gasteiger partial charge in [0.25, 0.3) is 5.91 Å². The monoisotopic (exact) mass is 374 g/mol. The summed E-state index contributed by atoms with van der Waals surface area (Å²) in [5, 5.41) is 6.26. The highest BCUT2D eigenvalue weighted by Gasteiger charge is 2.42. The lowest BCUT2D eigenvalue weighted by Crippen LogP contribution is -2.33. The highest BCUT2D eigenvalue weighted by Crippen LogP contribution is 2.29. The number of carbonyl (C=O) groups excluding carboxylic acids is 2. The van der Waals surface area contributed by atoms with Crippen molar-refractivity contribution in [3.8, 4) is 0 Å². The summed E-state index contributed by atoms with van der Waals surface area (Å²) in [6, 6.07) is 25.0. The maximum absolute atomic E-state index is 13.2. The Kier molecular flexibility index (Phi) is 4.57. The standard InChI is InChI=1S/C22H15ClN2O2/c23-17-11-7-10-16(14-17)21(26)19-20(15-8-3-1-4-9-15)24-25(22(19)27)18-12-5-2-6-13-18/h1-14,19H. The molecule has 27 heavy (non-hydrogen) atoms. The second-order valence-electron chi connectivity index (χ2n) is 6.14. The van der Waals surface area contributed by atoms with E-state index >= 15 is 0 Å². The zero-order valence-corrected chi connectivity index (χ0v) is 15.0. The van der Waals surface area contributed by atoms with Crippen molar-refractivity contribution in [1.82, 2.24) is 0 Å². The summed E-state index contributed by atoms with van der Waals surface area (Å²) in [4.78, 5) is 26.3. The number of hydrazone groups is 1. The van der Waals surface area contributed by atoms with Gasteiger partial charge in [0.15, 0.2) is 5.78 Å². The fourth-order valence-electron chi connectivity index (χ4n) is 3.09. The van der Waals surface area contributed by atoms with Crippen molar-refractivity contribution in [2.75, 3.05) is 5.01 Å². The quantitative estimate of drug-likeness (QED) is 0.495. The number of hydrogen-bond donors (Lipinski definition) is 0. The molecule has 0 aliphatic carbocycles. The highest BCUT2D eigenvalue weighted by atomic mass is 35.5. The molecule has 1 aliphatic rings. The zero-order chi connectivity index (χ0) is 18.8. The Hall–Kier alpha value is -3.24. The fraction of sp³-hybridized carbons (Fsp3) is 0.0455. The van der Waals surface area contributed by atoms with E-state index < -0.39 is 5.92 Å². The maximum atomic E-state index is 13.2. The first-order valence-electron chi connectivity index (χ1n) is 8.48. The lowest BCUT2D eigenvalue weighted by Gasteiger charge is -2.14. The number of halogens is 1. The molecular weight excluding hydrogens is 360 g/mol. The predicted molar refractivity (Wildman–Crippen MR) is 106 cm³/mol. The number of anilines is 1. The van der Waals surface area contributed by atoms with Crippen molar-refractivity contribution in [3.05, 3.63) is 101 Å². The van der Waals surface area contributed by atoms with Crippen molar-refractivity contribution < 1.29 is 9.59 Å². The van der Waals surface area contributed by atoms with E-state index in [1.54, 1.807) is 36.4 Å². The molecule has 3 aromatic carbocycles. The van der Waals surface area contributed by atoms with Crippen molar-refractivity contribution in [2.45, 2.75) is 0 Å². The summed E-state index contributed by atoms with van der Waals surface area (Å²) in [5.74, 6) is -1.69. The van der Waals surface area contributed by atoms with Crippen LogP contribution in [0.1, 0.15) is 15.9 Å². The molecule has 0 spiro atoms. The molecule has 5 heteroatoms. The minimum Gasteiger partial charge on any atom is -0.293 e. The van der Waals surface area contributed by atoms with Crippen LogP contribution in [0.3, 0.4) is 0 Å². The molecule has 4 rings (SSSR count). The summed E-state index contributed by atoms with van der Waals surface area (Å²) in [7, 11) is 0. The van der Waals surface area contributed by atoms with E-state index in [0.717, 1.165) is 5.56 Å². The number of rotatable bonds is 4. The van der Waals surface area contributed by atoms with Gasteiger partial charge in [-0.15, -0.1) is 0 Å². The van der Waals surface area contributed by atoms with Crippen LogP contribution >= 0.6 is 11.6 Å². The Morgan fingerprint density at radius 2 is 1.56 bits per heavy atom. The maximum Gasteiger partial charge on any atom is 0.264 e. The topological polar surface area (TPSA) is 49.7 Å². The lowest BCUT2D eigenvalue weighted by molar-refractivity contribution is -0.118. The lowest BCUT2D eigenvalue weighted by atomic mass is 9.89. The molecule has 1 atom stereocenters. The molecule has 0 bridgehead atoms. The molecule has 0 fully saturated rings. The molecule has 4 nitrogen and oxygen atoms in total. The molecule has 0 radical (unpaired) electrons. The van der Waals surface area contributed by atoms with Gasteiger partial charge in [-0.25, -0.2) is 0 Å². The predicted octanol–water partition coefficient (Wildman–Crippen LogP) is 4.59. The Bertz CT molecular complexity index is 1030. The molecule has 3 aromatic rings. The fourth-order valence-corrected chi connectivity index (χ4v) is 3.28. The number of para-hydroxylation sites is 1. The molecular formula is C22H15ClN2O2.